The highest BCUT2D eigenvalue weighted by molar-refractivity contribution is 5.90. The van der Waals surface area contributed by atoms with Crippen LogP contribution in [0.3, 0.4) is 0 Å². The van der Waals surface area contributed by atoms with Gasteiger partial charge in [-0.2, -0.15) is 0 Å². The summed E-state index contributed by atoms with van der Waals surface area (Å²) in [5.74, 6) is -1.11. The first-order chi connectivity index (χ1) is 13.4. The fourth-order valence-electron chi connectivity index (χ4n) is 3.48. The van der Waals surface area contributed by atoms with Gasteiger partial charge in [0.05, 0.1) is 17.2 Å². The first-order valence-corrected chi connectivity index (χ1v) is 9.23. The molecule has 28 heavy (non-hydrogen) atoms. The number of esters is 2. The predicted molar refractivity (Wildman–Crippen MR) is 105 cm³/mol. The quantitative estimate of drug-likeness (QED) is 0.559. The van der Waals surface area contributed by atoms with E-state index >= 15 is 0 Å². The molecule has 5 nitrogen and oxygen atoms in total. The average Bonchev–Trinajstić information content (AvgIpc) is 2.96. The molecule has 0 amide bonds. The van der Waals surface area contributed by atoms with Crippen LogP contribution in [0.2, 0.25) is 0 Å². The summed E-state index contributed by atoms with van der Waals surface area (Å²) < 4.78 is 17.3. The van der Waals surface area contributed by atoms with Gasteiger partial charge in [-0.05, 0) is 38.1 Å². The smallest absolute Gasteiger partial charge is 0.338 e. The van der Waals surface area contributed by atoms with Crippen LogP contribution in [-0.2, 0) is 14.2 Å². The molecular formula is C23H24O5. The van der Waals surface area contributed by atoms with Gasteiger partial charge in [0.25, 0.3) is 0 Å². The zero-order valence-corrected chi connectivity index (χ0v) is 16.0. The third kappa shape index (κ3) is 4.15. The van der Waals surface area contributed by atoms with Crippen molar-refractivity contribution in [1.29, 1.82) is 0 Å². The fourth-order valence-corrected chi connectivity index (χ4v) is 3.48. The first-order valence-electron chi connectivity index (χ1n) is 9.23. The Morgan fingerprint density at radius 3 is 2.11 bits per heavy atom. The summed E-state index contributed by atoms with van der Waals surface area (Å²) in [7, 11) is 0. The van der Waals surface area contributed by atoms with Crippen molar-refractivity contribution in [3.63, 3.8) is 0 Å². The highest BCUT2D eigenvalue weighted by Crippen LogP contribution is 2.39. The van der Waals surface area contributed by atoms with E-state index in [0.29, 0.717) is 11.1 Å². The van der Waals surface area contributed by atoms with Crippen molar-refractivity contribution in [3.8, 4) is 0 Å². The molecule has 146 valence electrons. The summed E-state index contributed by atoms with van der Waals surface area (Å²) in [6, 6.07) is 17.5. The summed E-state index contributed by atoms with van der Waals surface area (Å²) in [5.41, 5.74) is -0.0728. The van der Waals surface area contributed by atoms with Crippen molar-refractivity contribution >= 4 is 11.9 Å². The molecule has 2 aromatic rings. The van der Waals surface area contributed by atoms with Crippen LogP contribution in [0, 0.1) is 5.92 Å². The van der Waals surface area contributed by atoms with Crippen molar-refractivity contribution in [2.45, 2.75) is 31.7 Å². The lowest BCUT2D eigenvalue weighted by atomic mass is 9.90. The van der Waals surface area contributed by atoms with Crippen LogP contribution in [0.4, 0.5) is 0 Å². The number of carbonyl (C=O) groups is 2. The Bertz CT molecular complexity index is 833. The Labute approximate surface area is 164 Å². The predicted octanol–water partition coefficient (Wildman–Crippen LogP) is 4.05. The molecular weight excluding hydrogens is 356 g/mol. The van der Waals surface area contributed by atoms with Gasteiger partial charge in [-0.25, -0.2) is 9.59 Å². The van der Waals surface area contributed by atoms with Gasteiger partial charge in [0, 0.05) is 5.92 Å². The van der Waals surface area contributed by atoms with E-state index < -0.39 is 23.6 Å². The van der Waals surface area contributed by atoms with Gasteiger partial charge < -0.3 is 14.2 Å². The van der Waals surface area contributed by atoms with Gasteiger partial charge in [-0.3, -0.25) is 0 Å². The van der Waals surface area contributed by atoms with E-state index in [1.807, 2.05) is 19.1 Å². The summed E-state index contributed by atoms with van der Waals surface area (Å²) in [6.45, 7) is 7.49. The molecule has 4 unspecified atom stereocenters. The Morgan fingerprint density at radius 1 is 1.04 bits per heavy atom. The third-order valence-electron chi connectivity index (χ3n) is 4.96. The standard InChI is InChI=1S/C23H24O5/c1-4-19-16(2)28-23(3,15-26-21(24)17-11-7-5-8-12-17)20(19)27-22(25)18-13-9-6-10-14-18/h4-14,16,19-20H,1,15H2,2-3H3. The normalized spacial score (nSPS) is 26.4. The van der Waals surface area contributed by atoms with Gasteiger partial charge in [0.15, 0.2) is 0 Å². The van der Waals surface area contributed by atoms with Gasteiger partial charge >= 0.3 is 11.9 Å². The van der Waals surface area contributed by atoms with Gasteiger partial charge in [-0.15, -0.1) is 6.58 Å². The zero-order chi connectivity index (χ0) is 20.1. The molecule has 1 heterocycles. The summed E-state index contributed by atoms with van der Waals surface area (Å²) >= 11 is 0. The molecule has 4 atom stereocenters. The molecule has 0 aromatic heterocycles. The Balaban J connectivity index is 1.75. The zero-order valence-electron chi connectivity index (χ0n) is 16.0. The summed E-state index contributed by atoms with van der Waals surface area (Å²) in [5, 5.41) is 0. The molecule has 1 aliphatic heterocycles. The SMILES string of the molecule is C=CC1C(C)OC(C)(COC(=O)c2ccccc2)C1OC(=O)c1ccccc1. The Hall–Kier alpha value is -2.92. The number of ether oxygens (including phenoxy) is 3. The lowest BCUT2D eigenvalue weighted by Gasteiger charge is -2.30. The van der Waals surface area contributed by atoms with Crippen LogP contribution in [0.1, 0.15) is 34.6 Å². The minimum atomic E-state index is -0.979. The number of hydrogen-bond acceptors (Lipinski definition) is 5. The number of hydrogen-bond donors (Lipinski definition) is 0. The van der Waals surface area contributed by atoms with E-state index in [-0.39, 0.29) is 18.6 Å². The van der Waals surface area contributed by atoms with Crippen LogP contribution in [0.5, 0.6) is 0 Å². The molecule has 0 N–H and O–H groups in total. The van der Waals surface area contributed by atoms with Gasteiger partial charge in [-0.1, -0.05) is 42.5 Å². The second-order valence-electron chi connectivity index (χ2n) is 7.08. The number of carbonyl (C=O) groups excluding carboxylic acids is 2. The maximum Gasteiger partial charge on any atom is 0.338 e. The van der Waals surface area contributed by atoms with Crippen molar-refractivity contribution in [1.82, 2.24) is 0 Å². The van der Waals surface area contributed by atoms with E-state index in [2.05, 4.69) is 6.58 Å². The lowest BCUT2D eigenvalue weighted by molar-refractivity contribution is -0.103. The van der Waals surface area contributed by atoms with Crippen LogP contribution >= 0.6 is 0 Å². The lowest BCUT2D eigenvalue weighted by Crippen LogP contribution is -2.45. The van der Waals surface area contributed by atoms with E-state index in [4.69, 9.17) is 14.2 Å². The van der Waals surface area contributed by atoms with Crippen molar-refractivity contribution in [3.05, 3.63) is 84.4 Å². The van der Waals surface area contributed by atoms with Crippen molar-refractivity contribution in [2.24, 2.45) is 5.92 Å². The molecule has 1 aliphatic rings. The van der Waals surface area contributed by atoms with Crippen LogP contribution < -0.4 is 0 Å². The van der Waals surface area contributed by atoms with Gasteiger partial charge in [0.2, 0.25) is 0 Å². The highest BCUT2D eigenvalue weighted by atomic mass is 16.6. The van der Waals surface area contributed by atoms with E-state index in [1.165, 1.54) is 0 Å². The maximum absolute atomic E-state index is 12.6. The van der Waals surface area contributed by atoms with E-state index in [0.717, 1.165) is 0 Å². The molecule has 1 fully saturated rings. The van der Waals surface area contributed by atoms with Crippen LogP contribution in [0.15, 0.2) is 73.3 Å². The number of benzene rings is 2. The second kappa shape index (κ2) is 8.40. The minimum Gasteiger partial charge on any atom is -0.459 e. The Kier molecular flexibility index (Phi) is 5.95. The molecule has 0 bridgehead atoms. The molecule has 0 radical (unpaired) electrons. The molecule has 1 saturated heterocycles. The van der Waals surface area contributed by atoms with Crippen LogP contribution in [0.25, 0.3) is 0 Å². The molecule has 2 aromatic carbocycles. The molecule has 0 saturated carbocycles. The van der Waals surface area contributed by atoms with E-state index in [9.17, 15) is 9.59 Å². The van der Waals surface area contributed by atoms with Gasteiger partial charge in [0.1, 0.15) is 18.3 Å². The minimum absolute atomic E-state index is 0.0395. The molecule has 3 rings (SSSR count). The fraction of sp³-hybridized carbons (Fsp3) is 0.304. The highest BCUT2D eigenvalue weighted by Gasteiger charge is 2.53. The maximum atomic E-state index is 12.6. The van der Waals surface area contributed by atoms with Crippen LogP contribution in [-0.4, -0.2) is 36.4 Å². The molecule has 0 aliphatic carbocycles. The largest absolute Gasteiger partial charge is 0.459 e. The molecule has 0 spiro atoms. The van der Waals surface area contributed by atoms with Crippen molar-refractivity contribution < 1.29 is 23.8 Å². The monoisotopic (exact) mass is 380 g/mol. The average molecular weight is 380 g/mol. The van der Waals surface area contributed by atoms with E-state index in [1.54, 1.807) is 61.5 Å². The second-order valence-corrected chi connectivity index (χ2v) is 7.08. The Morgan fingerprint density at radius 2 is 1.57 bits per heavy atom. The topological polar surface area (TPSA) is 61.8 Å². The first kappa shape index (κ1) is 19.8. The summed E-state index contributed by atoms with van der Waals surface area (Å²) in [6.07, 6.45) is 0.862. The summed E-state index contributed by atoms with van der Waals surface area (Å²) in [4.78, 5) is 24.9. The third-order valence-corrected chi connectivity index (χ3v) is 4.96. The number of rotatable bonds is 6. The van der Waals surface area contributed by atoms with Crippen molar-refractivity contribution in [2.75, 3.05) is 6.61 Å². The molecule has 5 heteroatoms.